The summed E-state index contributed by atoms with van der Waals surface area (Å²) in [6, 6.07) is 6.46. The lowest BCUT2D eigenvalue weighted by atomic mass is 9.95. The highest BCUT2D eigenvalue weighted by molar-refractivity contribution is 6.32. The molecule has 0 unspecified atom stereocenters. The third-order valence-electron chi connectivity index (χ3n) is 4.09. The van der Waals surface area contributed by atoms with Crippen molar-refractivity contribution >= 4 is 23.2 Å². The van der Waals surface area contributed by atoms with E-state index in [1.54, 1.807) is 6.07 Å². The van der Waals surface area contributed by atoms with Crippen LogP contribution in [0.4, 0.5) is 10.1 Å². The maximum Gasteiger partial charge on any atom is 0.262 e. The topological polar surface area (TPSA) is 60.8 Å². The largest absolute Gasteiger partial charge is 0.507 e. The maximum atomic E-state index is 13.4. The molecule has 23 heavy (non-hydrogen) atoms. The Kier molecular flexibility index (Phi) is 3.90. The lowest BCUT2D eigenvalue weighted by Crippen LogP contribution is -2.42. The lowest BCUT2D eigenvalue weighted by Gasteiger charge is -2.35. The average molecular weight is 336 g/mol. The van der Waals surface area contributed by atoms with E-state index in [-0.39, 0.29) is 33.9 Å². The van der Waals surface area contributed by atoms with Gasteiger partial charge in [-0.3, -0.25) is 4.79 Å². The zero-order chi connectivity index (χ0) is 16.7. The SMILES string of the molecule is C[C@@H]1CCc2cc(F)ccc2N1C(=O)c1cc(Cl)c(O)cc1O. The molecular weight excluding hydrogens is 321 g/mol. The number of fused-ring (bicyclic) bond motifs is 1. The van der Waals surface area contributed by atoms with Gasteiger partial charge in [0.15, 0.2) is 0 Å². The van der Waals surface area contributed by atoms with Gasteiger partial charge in [-0.25, -0.2) is 4.39 Å². The van der Waals surface area contributed by atoms with E-state index in [4.69, 9.17) is 11.6 Å². The highest BCUT2D eigenvalue weighted by atomic mass is 35.5. The van der Waals surface area contributed by atoms with Gasteiger partial charge in [-0.05, 0) is 49.6 Å². The Bertz CT molecular complexity index is 794. The van der Waals surface area contributed by atoms with E-state index in [1.165, 1.54) is 23.1 Å². The summed E-state index contributed by atoms with van der Waals surface area (Å²) < 4.78 is 13.4. The normalized spacial score (nSPS) is 17.0. The van der Waals surface area contributed by atoms with E-state index >= 15 is 0 Å². The van der Waals surface area contributed by atoms with Crippen molar-refractivity contribution in [3.05, 3.63) is 52.3 Å². The van der Waals surface area contributed by atoms with Crippen LogP contribution < -0.4 is 4.90 Å². The van der Waals surface area contributed by atoms with Gasteiger partial charge in [0.2, 0.25) is 0 Å². The number of halogens is 2. The molecule has 3 rings (SSSR count). The number of amides is 1. The number of phenols is 2. The summed E-state index contributed by atoms with van der Waals surface area (Å²) in [6.07, 6.45) is 1.37. The van der Waals surface area contributed by atoms with Crippen molar-refractivity contribution in [3.63, 3.8) is 0 Å². The Morgan fingerprint density at radius 3 is 2.74 bits per heavy atom. The zero-order valence-electron chi connectivity index (χ0n) is 12.4. The van der Waals surface area contributed by atoms with Crippen LogP contribution in [0.1, 0.15) is 29.3 Å². The van der Waals surface area contributed by atoms with Crippen LogP contribution in [0, 0.1) is 5.82 Å². The number of aryl methyl sites for hydroxylation is 1. The summed E-state index contributed by atoms with van der Waals surface area (Å²) >= 11 is 5.84. The predicted molar refractivity (Wildman–Crippen MR) is 85.8 cm³/mol. The second-order valence-corrected chi connectivity index (χ2v) is 6.06. The molecule has 120 valence electrons. The number of hydrogen-bond acceptors (Lipinski definition) is 3. The first-order chi connectivity index (χ1) is 10.9. The fourth-order valence-electron chi connectivity index (χ4n) is 2.88. The molecular formula is C17H15ClFNO3. The average Bonchev–Trinajstić information content (AvgIpc) is 2.50. The molecule has 1 heterocycles. The number of hydrogen-bond donors (Lipinski definition) is 2. The first-order valence-corrected chi connectivity index (χ1v) is 7.59. The summed E-state index contributed by atoms with van der Waals surface area (Å²) in [6.45, 7) is 1.89. The number of rotatable bonds is 1. The Morgan fingerprint density at radius 2 is 2.00 bits per heavy atom. The number of nitrogens with zero attached hydrogens (tertiary/aromatic N) is 1. The van der Waals surface area contributed by atoms with E-state index in [1.807, 2.05) is 6.92 Å². The lowest BCUT2D eigenvalue weighted by molar-refractivity contribution is 0.0972. The van der Waals surface area contributed by atoms with Crippen LogP contribution in [0.2, 0.25) is 5.02 Å². The van der Waals surface area contributed by atoms with Crippen molar-refractivity contribution in [3.8, 4) is 11.5 Å². The number of carbonyl (C=O) groups excluding carboxylic acids is 1. The number of phenolic OH excluding ortho intramolecular Hbond substituents is 2. The second kappa shape index (κ2) is 5.74. The highest BCUT2D eigenvalue weighted by Gasteiger charge is 2.31. The fourth-order valence-corrected chi connectivity index (χ4v) is 3.05. The molecule has 0 saturated heterocycles. The van der Waals surface area contributed by atoms with E-state index in [0.717, 1.165) is 11.6 Å². The van der Waals surface area contributed by atoms with Gasteiger partial charge < -0.3 is 15.1 Å². The molecule has 0 bridgehead atoms. The fraction of sp³-hybridized carbons (Fsp3) is 0.235. The Hall–Kier alpha value is -2.27. The molecule has 0 aromatic heterocycles. The predicted octanol–water partition coefficient (Wildman–Crippen LogP) is 3.87. The minimum Gasteiger partial charge on any atom is -0.507 e. The Labute approximate surface area is 137 Å². The van der Waals surface area contributed by atoms with Crippen molar-refractivity contribution < 1.29 is 19.4 Å². The number of carbonyl (C=O) groups is 1. The summed E-state index contributed by atoms with van der Waals surface area (Å²) in [7, 11) is 0. The molecule has 1 atom stereocenters. The molecule has 1 amide bonds. The Balaban J connectivity index is 2.08. The van der Waals surface area contributed by atoms with Crippen molar-refractivity contribution in [2.45, 2.75) is 25.8 Å². The van der Waals surface area contributed by atoms with Crippen LogP contribution in [0.25, 0.3) is 0 Å². The monoisotopic (exact) mass is 335 g/mol. The van der Waals surface area contributed by atoms with Crippen molar-refractivity contribution in [2.75, 3.05) is 4.90 Å². The molecule has 1 aliphatic heterocycles. The van der Waals surface area contributed by atoms with E-state index in [2.05, 4.69) is 0 Å². The standard InChI is InChI=1S/C17H15ClFNO3/c1-9-2-3-10-6-11(19)4-5-14(10)20(9)17(23)12-7-13(18)16(22)8-15(12)21/h4-9,21-22H,2-3H2,1H3/t9-/m1/s1. The third kappa shape index (κ3) is 2.72. The molecule has 0 saturated carbocycles. The molecule has 0 aliphatic carbocycles. The summed E-state index contributed by atoms with van der Waals surface area (Å²) in [4.78, 5) is 14.4. The van der Waals surface area contributed by atoms with Crippen LogP contribution >= 0.6 is 11.6 Å². The second-order valence-electron chi connectivity index (χ2n) is 5.66. The quantitative estimate of drug-likeness (QED) is 0.831. The van der Waals surface area contributed by atoms with Crippen molar-refractivity contribution in [2.24, 2.45) is 0 Å². The van der Waals surface area contributed by atoms with Crippen LogP contribution in [-0.4, -0.2) is 22.2 Å². The molecule has 2 aromatic carbocycles. The Morgan fingerprint density at radius 1 is 1.26 bits per heavy atom. The minimum absolute atomic E-state index is 0.00294. The highest BCUT2D eigenvalue weighted by Crippen LogP contribution is 2.36. The van der Waals surface area contributed by atoms with Gasteiger partial charge in [-0.1, -0.05) is 11.6 Å². The van der Waals surface area contributed by atoms with Gasteiger partial charge in [0, 0.05) is 17.8 Å². The molecule has 0 fully saturated rings. The van der Waals surface area contributed by atoms with E-state index in [9.17, 15) is 19.4 Å². The summed E-state index contributed by atoms with van der Waals surface area (Å²) in [5.74, 6) is -1.43. The zero-order valence-corrected chi connectivity index (χ0v) is 13.1. The molecule has 1 aliphatic rings. The first kappa shape index (κ1) is 15.6. The third-order valence-corrected chi connectivity index (χ3v) is 4.39. The van der Waals surface area contributed by atoms with Crippen LogP contribution in [-0.2, 0) is 6.42 Å². The van der Waals surface area contributed by atoms with Gasteiger partial charge in [0.1, 0.15) is 17.3 Å². The van der Waals surface area contributed by atoms with Crippen molar-refractivity contribution in [1.29, 1.82) is 0 Å². The maximum absolute atomic E-state index is 13.4. The smallest absolute Gasteiger partial charge is 0.262 e. The van der Waals surface area contributed by atoms with Gasteiger partial charge in [-0.2, -0.15) is 0 Å². The van der Waals surface area contributed by atoms with E-state index < -0.39 is 5.91 Å². The van der Waals surface area contributed by atoms with Gasteiger partial charge in [0.05, 0.1) is 10.6 Å². The van der Waals surface area contributed by atoms with Crippen molar-refractivity contribution in [1.82, 2.24) is 0 Å². The number of aromatic hydroxyl groups is 2. The van der Waals surface area contributed by atoms with Crippen LogP contribution in [0.15, 0.2) is 30.3 Å². The molecule has 0 radical (unpaired) electrons. The van der Waals surface area contributed by atoms with Crippen LogP contribution in [0.3, 0.4) is 0 Å². The number of benzene rings is 2. The minimum atomic E-state index is -0.440. The van der Waals surface area contributed by atoms with Gasteiger partial charge in [-0.15, -0.1) is 0 Å². The number of anilines is 1. The van der Waals surface area contributed by atoms with E-state index in [0.29, 0.717) is 18.5 Å². The molecule has 0 spiro atoms. The van der Waals surface area contributed by atoms with Gasteiger partial charge in [0.25, 0.3) is 5.91 Å². The first-order valence-electron chi connectivity index (χ1n) is 7.22. The van der Waals surface area contributed by atoms with Gasteiger partial charge >= 0.3 is 0 Å². The summed E-state index contributed by atoms with van der Waals surface area (Å²) in [5.41, 5.74) is 1.37. The molecule has 4 nitrogen and oxygen atoms in total. The molecule has 2 N–H and O–H groups in total. The summed E-state index contributed by atoms with van der Waals surface area (Å²) in [5, 5.41) is 19.4. The van der Waals surface area contributed by atoms with Crippen LogP contribution in [0.5, 0.6) is 11.5 Å². The molecule has 6 heteroatoms. The molecule has 2 aromatic rings.